The molecule has 6 heteroatoms. The molecule has 0 radical (unpaired) electrons. The molecule has 0 bridgehead atoms. The lowest BCUT2D eigenvalue weighted by Crippen LogP contribution is -2.10. The molecule has 4 aromatic rings. The molecule has 1 N–H and O–H groups in total. The van der Waals surface area contributed by atoms with Crippen molar-refractivity contribution >= 4 is 33.1 Å². The molecule has 0 fully saturated rings. The maximum Gasteiger partial charge on any atom is 0.265 e. The molecule has 2 aromatic carbocycles. The largest absolute Gasteiger partial charge is 0.321 e. The first-order valence-electron chi connectivity index (χ1n) is 8.63. The summed E-state index contributed by atoms with van der Waals surface area (Å²) in [6, 6.07) is 15.4. The van der Waals surface area contributed by atoms with Gasteiger partial charge in [0.25, 0.3) is 5.91 Å². The van der Waals surface area contributed by atoms with Gasteiger partial charge in [-0.15, -0.1) is 17.8 Å². The first kappa shape index (κ1) is 18.0. The highest BCUT2D eigenvalue weighted by molar-refractivity contribution is 7.20. The Labute approximate surface area is 165 Å². The molecule has 4 rings (SSSR count). The number of amides is 1. The molecular formula is C22H16FN3OS. The van der Waals surface area contributed by atoms with Gasteiger partial charge in [0, 0.05) is 16.6 Å². The fourth-order valence-corrected chi connectivity index (χ4v) is 4.03. The van der Waals surface area contributed by atoms with Crippen molar-refractivity contribution in [3.8, 4) is 12.3 Å². The molecular weight excluding hydrogens is 373 g/mol. The number of aromatic nitrogens is 2. The first-order valence-corrected chi connectivity index (χ1v) is 9.44. The Kier molecular flexibility index (Phi) is 4.68. The molecule has 0 saturated heterocycles. The van der Waals surface area contributed by atoms with Crippen LogP contribution in [0.1, 0.15) is 26.5 Å². The third-order valence-corrected chi connectivity index (χ3v) is 5.51. The number of halogens is 1. The van der Waals surface area contributed by atoms with Gasteiger partial charge in [0.05, 0.1) is 17.1 Å². The van der Waals surface area contributed by atoms with Crippen molar-refractivity contribution in [2.75, 3.05) is 5.32 Å². The Hall–Kier alpha value is -3.43. The topological polar surface area (TPSA) is 46.9 Å². The summed E-state index contributed by atoms with van der Waals surface area (Å²) in [4.78, 5) is 14.2. The van der Waals surface area contributed by atoms with Crippen LogP contribution in [0.5, 0.6) is 0 Å². The van der Waals surface area contributed by atoms with Crippen LogP contribution in [-0.2, 0) is 6.54 Å². The van der Waals surface area contributed by atoms with E-state index in [9.17, 15) is 9.18 Å². The van der Waals surface area contributed by atoms with Crippen molar-refractivity contribution in [2.24, 2.45) is 0 Å². The number of thiophene rings is 1. The van der Waals surface area contributed by atoms with Gasteiger partial charge >= 0.3 is 0 Å². The number of carbonyl (C=O) groups is 1. The Bertz CT molecular complexity index is 1220. The molecule has 0 unspecified atom stereocenters. The number of nitrogens with one attached hydrogen (secondary N) is 1. The summed E-state index contributed by atoms with van der Waals surface area (Å²) >= 11 is 1.38. The van der Waals surface area contributed by atoms with Crippen molar-refractivity contribution in [3.63, 3.8) is 0 Å². The van der Waals surface area contributed by atoms with E-state index >= 15 is 0 Å². The van der Waals surface area contributed by atoms with Crippen molar-refractivity contribution in [2.45, 2.75) is 13.5 Å². The number of benzene rings is 2. The maximum absolute atomic E-state index is 13.1. The highest BCUT2D eigenvalue weighted by Crippen LogP contribution is 2.29. The van der Waals surface area contributed by atoms with Crippen molar-refractivity contribution in [3.05, 3.63) is 82.1 Å². The average molecular weight is 389 g/mol. The zero-order valence-corrected chi connectivity index (χ0v) is 15.9. The Morgan fingerprint density at radius 1 is 1.25 bits per heavy atom. The van der Waals surface area contributed by atoms with E-state index in [1.807, 2.05) is 23.7 Å². The highest BCUT2D eigenvalue weighted by Gasteiger charge is 2.17. The van der Waals surface area contributed by atoms with E-state index < -0.39 is 0 Å². The van der Waals surface area contributed by atoms with Gasteiger partial charge in [-0.05, 0) is 48.9 Å². The van der Waals surface area contributed by atoms with Gasteiger partial charge in [0.15, 0.2) is 0 Å². The van der Waals surface area contributed by atoms with Gasteiger partial charge in [0.2, 0.25) is 0 Å². The number of anilines is 1. The molecule has 2 aromatic heterocycles. The van der Waals surface area contributed by atoms with Gasteiger partial charge < -0.3 is 5.32 Å². The zero-order valence-electron chi connectivity index (χ0n) is 15.1. The van der Waals surface area contributed by atoms with Gasteiger partial charge in [-0.2, -0.15) is 5.10 Å². The lowest BCUT2D eigenvalue weighted by Gasteiger charge is -2.04. The fourth-order valence-electron chi connectivity index (χ4n) is 2.97. The number of fused-ring (bicyclic) bond motifs is 1. The van der Waals surface area contributed by atoms with E-state index in [1.54, 1.807) is 30.3 Å². The highest BCUT2D eigenvalue weighted by atomic mass is 32.1. The molecule has 0 saturated carbocycles. The second-order valence-corrected chi connectivity index (χ2v) is 7.41. The number of rotatable bonds is 4. The van der Waals surface area contributed by atoms with Crippen molar-refractivity contribution in [1.82, 2.24) is 9.78 Å². The quantitative estimate of drug-likeness (QED) is 0.508. The van der Waals surface area contributed by atoms with Crippen LogP contribution in [0.25, 0.3) is 10.2 Å². The van der Waals surface area contributed by atoms with Crippen LogP contribution in [0.2, 0.25) is 0 Å². The first-order chi connectivity index (χ1) is 13.5. The van der Waals surface area contributed by atoms with E-state index in [-0.39, 0.29) is 11.7 Å². The molecule has 0 aliphatic rings. The summed E-state index contributed by atoms with van der Waals surface area (Å²) in [5, 5.41) is 8.38. The van der Waals surface area contributed by atoms with Crippen LogP contribution in [0.4, 0.5) is 10.1 Å². The van der Waals surface area contributed by atoms with Crippen molar-refractivity contribution in [1.29, 1.82) is 0 Å². The Morgan fingerprint density at radius 2 is 2.04 bits per heavy atom. The summed E-state index contributed by atoms with van der Waals surface area (Å²) in [6.07, 6.45) is 5.41. The summed E-state index contributed by atoms with van der Waals surface area (Å²) in [7, 11) is 0. The smallest absolute Gasteiger partial charge is 0.265 e. The predicted molar refractivity (Wildman–Crippen MR) is 110 cm³/mol. The lowest BCUT2D eigenvalue weighted by molar-refractivity contribution is 0.103. The SMILES string of the molecule is C#Cc1cccc(NC(=O)c2cc3c(C)nn(Cc4ccc(F)cc4)c3s2)c1. The minimum Gasteiger partial charge on any atom is -0.321 e. The number of hydrogen-bond acceptors (Lipinski definition) is 3. The Morgan fingerprint density at radius 3 is 2.79 bits per heavy atom. The van der Waals surface area contributed by atoms with E-state index in [2.05, 4.69) is 16.3 Å². The van der Waals surface area contributed by atoms with Crippen LogP contribution < -0.4 is 5.32 Å². The average Bonchev–Trinajstić information content (AvgIpc) is 3.25. The van der Waals surface area contributed by atoms with Gasteiger partial charge in [-0.1, -0.05) is 24.1 Å². The maximum atomic E-state index is 13.1. The third kappa shape index (κ3) is 3.53. The second kappa shape index (κ2) is 7.29. The Balaban J connectivity index is 1.61. The molecule has 2 heterocycles. The van der Waals surface area contributed by atoms with E-state index in [1.165, 1.54) is 23.5 Å². The minimum atomic E-state index is -0.269. The van der Waals surface area contributed by atoms with Crippen LogP contribution in [0.3, 0.4) is 0 Å². The molecule has 0 spiro atoms. The van der Waals surface area contributed by atoms with E-state index in [0.29, 0.717) is 22.7 Å². The monoisotopic (exact) mass is 389 g/mol. The second-order valence-electron chi connectivity index (χ2n) is 6.38. The number of nitrogens with zero attached hydrogens (tertiary/aromatic N) is 2. The number of carbonyl (C=O) groups excluding carboxylic acids is 1. The van der Waals surface area contributed by atoms with E-state index in [0.717, 1.165) is 21.5 Å². The van der Waals surface area contributed by atoms with Gasteiger partial charge in [-0.25, -0.2) is 4.39 Å². The summed E-state index contributed by atoms with van der Waals surface area (Å²) < 4.78 is 15.0. The lowest BCUT2D eigenvalue weighted by atomic mass is 10.2. The summed E-state index contributed by atoms with van der Waals surface area (Å²) in [6.45, 7) is 2.42. The van der Waals surface area contributed by atoms with Crippen LogP contribution >= 0.6 is 11.3 Å². The predicted octanol–water partition coefficient (Wildman–Crippen LogP) is 4.83. The van der Waals surface area contributed by atoms with Crippen LogP contribution in [-0.4, -0.2) is 15.7 Å². The van der Waals surface area contributed by atoms with E-state index in [4.69, 9.17) is 6.42 Å². The normalized spacial score (nSPS) is 10.8. The van der Waals surface area contributed by atoms with Gasteiger partial charge in [0.1, 0.15) is 10.6 Å². The van der Waals surface area contributed by atoms with Crippen molar-refractivity contribution < 1.29 is 9.18 Å². The molecule has 0 aliphatic carbocycles. The number of terminal acetylenes is 1. The summed E-state index contributed by atoms with van der Waals surface area (Å²) in [5.74, 6) is 2.09. The molecule has 28 heavy (non-hydrogen) atoms. The fraction of sp³-hybridized carbons (Fsp3) is 0.0909. The van der Waals surface area contributed by atoms with Gasteiger partial charge in [-0.3, -0.25) is 9.48 Å². The number of aryl methyl sites for hydroxylation is 1. The minimum absolute atomic E-state index is 0.192. The molecule has 1 amide bonds. The van der Waals surface area contributed by atoms with Crippen LogP contribution in [0.15, 0.2) is 54.6 Å². The summed E-state index contributed by atoms with van der Waals surface area (Å²) in [5.41, 5.74) is 3.15. The molecule has 138 valence electrons. The number of hydrogen-bond donors (Lipinski definition) is 1. The standard InChI is InChI=1S/C22H16FN3OS/c1-3-15-5-4-6-18(11-15)24-21(27)20-12-19-14(2)25-26(22(19)28-20)13-16-7-9-17(23)10-8-16/h1,4-12H,13H2,2H3,(H,24,27). The third-order valence-electron chi connectivity index (χ3n) is 4.36. The van der Waals surface area contributed by atoms with Crippen LogP contribution in [0, 0.1) is 25.1 Å². The molecule has 0 atom stereocenters. The molecule has 0 aliphatic heterocycles. The molecule has 4 nitrogen and oxygen atoms in total. The zero-order chi connectivity index (χ0) is 19.7.